The highest BCUT2D eigenvalue weighted by Gasteiger charge is 2.36. The van der Waals surface area contributed by atoms with Gasteiger partial charge in [-0.3, -0.25) is 4.90 Å². The van der Waals surface area contributed by atoms with Crippen LogP contribution in [-0.2, 0) is 4.74 Å². The van der Waals surface area contributed by atoms with E-state index < -0.39 is 5.97 Å². The van der Waals surface area contributed by atoms with Crippen molar-refractivity contribution < 1.29 is 14.6 Å². The highest BCUT2D eigenvalue weighted by atomic mass is 16.5. The summed E-state index contributed by atoms with van der Waals surface area (Å²) in [5.41, 5.74) is 0.0144. The van der Waals surface area contributed by atoms with Crippen LogP contribution in [-0.4, -0.2) is 63.3 Å². The summed E-state index contributed by atoms with van der Waals surface area (Å²) in [4.78, 5) is 13.2. The number of aromatic carboxylic acids is 1. The molecule has 2 aliphatic rings. The van der Waals surface area contributed by atoms with Gasteiger partial charge in [0, 0.05) is 26.2 Å². The molecule has 2 unspecified atom stereocenters. The lowest BCUT2D eigenvalue weighted by molar-refractivity contribution is -0.0133. The van der Waals surface area contributed by atoms with Gasteiger partial charge in [-0.2, -0.15) is 0 Å². The van der Waals surface area contributed by atoms with Crippen molar-refractivity contribution in [1.82, 2.24) is 19.9 Å². The normalized spacial score (nSPS) is 28.2. The van der Waals surface area contributed by atoms with Gasteiger partial charge in [0.05, 0.1) is 18.3 Å². The minimum Gasteiger partial charge on any atom is -0.476 e. The molecule has 1 aromatic heterocycles. The predicted octanol–water partition coefficient (Wildman–Crippen LogP) is 0.791. The molecule has 3 rings (SSSR count). The number of nitrogens with zero attached hydrogens (tertiary/aromatic N) is 4. The molecule has 2 atom stereocenters. The van der Waals surface area contributed by atoms with Crippen molar-refractivity contribution in [3.8, 4) is 0 Å². The standard InChI is InChI=1S/C13H20N4O3/c1-20-11-4-2-3-9(5-11)16-6-10(7-16)17-8-12(13(18)19)14-15-17/h8-11H,2-7H2,1H3,(H,18,19). The summed E-state index contributed by atoms with van der Waals surface area (Å²) in [7, 11) is 1.79. The number of aromatic nitrogens is 3. The number of rotatable bonds is 4. The molecule has 110 valence electrons. The zero-order valence-electron chi connectivity index (χ0n) is 11.6. The number of carboxylic acids is 1. The van der Waals surface area contributed by atoms with E-state index in [1.807, 2.05) is 0 Å². The molecule has 1 aliphatic heterocycles. The molecule has 0 radical (unpaired) electrons. The second-order valence-electron chi connectivity index (χ2n) is 5.67. The summed E-state index contributed by atoms with van der Waals surface area (Å²) in [6.45, 7) is 1.84. The van der Waals surface area contributed by atoms with Crippen molar-refractivity contribution in [3.05, 3.63) is 11.9 Å². The van der Waals surface area contributed by atoms with Gasteiger partial charge in [-0.05, 0) is 25.7 Å². The first-order valence-corrected chi connectivity index (χ1v) is 7.09. The average Bonchev–Trinajstić information content (AvgIpc) is 2.87. The molecule has 0 bridgehead atoms. The molecule has 1 aromatic rings. The van der Waals surface area contributed by atoms with Gasteiger partial charge in [-0.15, -0.1) is 5.10 Å². The van der Waals surface area contributed by atoms with Gasteiger partial charge in [-0.1, -0.05) is 5.21 Å². The number of likely N-dealkylation sites (tertiary alicyclic amines) is 1. The van der Waals surface area contributed by atoms with Crippen LogP contribution in [0.15, 0.2) is 6.20 Å². The Kier molecular flexibility index (Phi) is 3.71. The van der Waals surface area contributed by atoms with Gasteiger partial charge >= 0.3 is 5.97 Å². The van der Waals surface area contributed by atoms with Crippen molar-refractivity contribution in [2.75, 3.05) is 20.2 Å². The smallest absolute Gasteiger partial charge is 0.358 e. The van der Waals surface area contributed by atoms with Crippen LogP contribution in [0.4, 0.5) is 0 Å². The molecule has 20 heavy (non-hydrogen) atoms. The van der Waals surface area contributed by atoms with Crippen LogP contribution in [0.25, 0.3) is 0 Å². The molecular formula is C13H20N4O3. The third-order valence-corrected chi connectivity index (χ3v) is 4.44. The van der Waals surface area contributed by atoms with Crippen molar-refractivity contribution >= 4 is 5.97 Å². The summed E-state index contributed by atoms with van der Waals surface area (Å²) < 4.78 is 7.14. The molecule has 1 aliphatic carbocycles. The summed E-state index contributed by atoms with van der Waals surface area (Å²) in [6.07, 6.45) is 6.61. The fourth-order valence-electron chi connectivity index (χ4n) is 3.17. The Morgan fingerprint density at radius 1 is 1.40 bits per heavy atom. The molecule has 2 heterocycles. The van der Waals surface area contributed by atoms with E-state index in [2.05, 4.69) is 15.2 Å². The molecule has 7 nitrogen and oxygen atoms in total. The fraction of sp³-hybridized carbons (Fsp3) is 0.769. The van der Waals surface area contributed by atoms with Gasteiger partial charge in [0.15, 0.2) is 5.69 Å². The molecule has 7 heteroatoms. The van der Waals surface area contributed by atoms with Crippen molar-refractivity contribution in [3.63, 3.8) is 0 Å². The molecule has 1 saturated carbocycles. The lowest BCUT2D eigenvalue weighted by Crippen LogP contribution is -2.54. The maximum absolute atomic E-state index is 10.8. The summed E-state index contributed by atoms with van der Waals surface area (Å²) >= 11 is 0. The summed E-state index contributed by atoms with van der Waals surface area (Å²) in [6, 6.07) is 0.839. The first-order chi connectivity index (χ1) is 9.67. The maximum Gasteiger partial charge on any atom is 0.358 e. The Balaban J connectivity index is 1.54. The number of methoxy groups -OCH3 is 1. The third-order valence-electron chi connectivity index (χ3n) is 4.44. The zero-order valence-corrected chi connectivity index (χ0v) is 11.6. The van der Waals surface area contributed by atoms with Gasteiger partial charge < -0.3 is 9.84 Å². The number of hydrogen-bond donors (Lipinski definition) is 1. The van der Waals surface area contributed by atoms with Crippen LogP contribution in [0, 0.1) is 0 Å². The number of carboxylic acid groups (broad SMARTS) is 1. The lowest BCUT2D eigenvalue weighted by Gasteiger charge is -2.46. The molecule has 2 fully saturated rings. The number of carbonyl (C=O) groups is 1. The first-order valence-electron chi connectivity index (χ1n) is 7.09. The highest BCUT2D eigenvalue weighted by molar-refractivity contribution is 5.84. The molecule has 1 saturated heterocycles. The highest BCUT2D eigenvalue weighted by Crippen LogP contribution is 2.31. The minimum absolute atomic E-state index is 0.0144. The maximum atomic E-state index is 10.8. The molecule has 0 amide bonds. The van der Waals surface area contributed by atoms with Gasteiger partial charge in [0.1, 0.15) is 0 Å². The van der Waals surface area contributed by atoms with E-state index in [1.165, 1.54) is 19.0 Å². The van der Waals surface area contributed by atoms with E-state index in [-0.39, 0.29) is 11.7 Å². The van der Waals surface area contributed by atoms with E-state index in [4.69, 9.17) is 9.84 Å². The lowest BCUT2D eigenvalue weighted by atomic mass is 9.89. The van der Waals surface area contributed by atoms with E-state index in [9.17, 15) is 4.79 Å². The summed E-state index contributed by atoms with van der Waals surface area (Å²) in [5.74, 6) is -1.03. The van der Waals surface area contributed by atoms with Crippen LogP contribution in [0.3, 0.4) is 0 Å². The zero-order chi connectivity index (χ0) is 14.1. The Bertz CT molecular complexity index is 484. The fourth-order valence-corrected chi connectivity index (χ4v) is 3.17. The topological polar surface area (TPSA) is 80.5 Å². The molecule has 0 spiro atoms. The van der Waals surface area contributed by atoms with Gasteiger partial charge in [0.2, 0.25) is 0 Å². The van der Waals surface area contributed by atoms with Crippen LogP contribution in [0.5, 0.6) is 0 Å². The van der Waals surface area contributed by atoms with Crippen LogP contribution < -0.4 is 0 Å². The quantitative estimate of drug-likeness (QED) is 0.878. The third kappa shape index (κ3) is 2.55. The van der Waals surface area contributed by atoms with Crippen molar-refractivity contribution in [1.29, 1.82) is 0 Å². The van der Waals surface area contributed by atoms with Crippen molar-refractivity contribution in [2.45, 2.75) is 43.9 Å². The van der Waals surface area contributed by atoms with E-state index >= 15 is 0 Å². The van der Waals surface area contributed by atoms with Gasteiger partial charge in [-0.25, -0.2) is 9.48 Å². The number of hydrogen-bond acceptors (Lipinski definition) is 5. The van der Waals surface area contributed by atoms with E-state index in [0.717, 1.165) is 25.9 Å². The predicted molar refractivity (Wildman–Crippen MR) is 70.6 cm³/mol. The van der Waals surface area contributed by atoms with E-state index in [0.29, 0.717) is 12.1 Å². The van der Waals surface area contributed by atoms with Crippen LogP contribution >= 0.6 is 0 Å². The second-order valence-corrected chi connectivity index (χ2v) is 5.67. The van der Waals surface area contributed by atoms with E-state index in [1.54, 1.807) is 11.8 Å². The monoisotopic (exact) mass is 280 g/mol. The molecular weight excluding hydrogens is 260 g/mol. The Morgan fingerprint density at radius 2 is 2.20 bits per heavy atom. The Hall–Kier alpha value is -1.47. The van der Waals surface area contributed by atoms with Crippen LogP contribution in [0.1, 0.15) is 42.2 Å². The summed E-state index contributed by atoms with van der Waals surface area (Å²) in [5, 5.41) is 16.4. The first kappa shape index (κ1) is 13.5. The minimum atomic E-state index is -1.03. The SMILES string of the molecule is COC1CCCC(N2CC(n3cc(C(=O)O)nn3)C2)C1. The number of ether oxygens (including phenoxy) is 1. The average molecular weight is 280 g/mol. The van der Waals surface area contributed by atoms with Crippen molar-refractivity contribution in [2.24, 2.45) is 0 Å². The molecule has 0 aromatic carbocycles. The largest absolute Gasteiger partial charge is 0.476 e. The molecule has 1 N–H and O–H groups in total. The van der Waals surface area contributed by atoms with Gasteiger partial charge in [0.25, 0.3) is 0 Å². The van der Waals surface area contributed by atoms with Crippen LogP contribution in [0.2, 0.25) is 0 Å². The Morgan fingerprint density at radius 3 is 2.85 bits per heavy atom. The Labute approximate surface area is 117 Å². The second kappa shape index (κ2) is 5.49.